The lowest BCUT2D eigenvalue weighted by Gasteiger charge is -2.21. The predicted molar refractivity (Wildman–Crippen MR) is 81.5 cm³/mol. The summed E-state index contributed by atoms with van der Waals surface area (Å²) in [5.74, 6) is -0.141. The number of hydrogen-bond acceptors (Lipinski definition) is 4. The molecule has 1 rings (SSSR count). The molecule has 0 fully saturated rings. The van der Waals surface area contributed by atoms with Crippen molar-refractivity contribution in [2.75, 3.05) is 13.2 Å². The Morgan fingerprint density at radius 1 is 1.52 bits per heavy atom. The molecule has 0 aliphatic carbocycles. The number of nitrogens with zero attached hydrogens (tertiary/aromatic N) is 2. The van der Waals surface area contributed by atoms with E-state index in [1.807, 2.05) is 6.92 Å². The second kappa shape index (κ2) is 7.13. The van der Waals surface area contributed by atoms with Crippen molar-refractivity contribution in [3.05, 3.63) is 16.4 Å². The molecule has 1 atom stereocenters. The molecule has 21 heavy (non-hydrogen) atoms. The van der Waals surface area contributed by atoms with E-state index >= 15 is 0 Å². The third-order valence-corrected chi connectivity index (χ3v) is 3.43. The number of rotatable bonds is 5. The SMILES string of the molecule is Cc1nn(C)c(Cl)c1CC(CO)CNC(=O)OC(C)(C)C. The van der Waals surface area contributed by atoms with Gasteiger partial charge in [-0.15, -0.1) is 0 Å². The number of aryl methyl sites for hydroxylation is 2. The Morgan fingerprint density at radius 3 is 2.57 bits per heavy atom. The summed E-state index contributed by atoms with van der Waals surface area (Å²) < 4.78 is 6.76. The summed E-state index contributed by atoms with van der Waals surface area (Å²) in [5, 5.41) is 16.9. The van der Waals surface area contributed by atoms with E-state index in [4.69, 9.17) is 16.3 Å². The number of aromatic nitrogens is 2. The molecule has 1 aromatic heterocycles. The van der Waals surface area contributed by atoms with Gasteiger partial charge >= 0.3 is 6.09 Å². The first-order valence-electron chi connectivity index (χ1n) is 6.89. The highest BCUT2D eigenvalue weighted by Gasteiger charge is 2.20. The molecule has 0 bridgehead atoms. The van der Waals surface area contributed by atoms with Gasteiger partial charge in [-0.2, -0.15) is 5.10 Å². The minimum atomic E-state index is -0.540. The molecule has 0 radical (unpaired) electrons. The Kier molecular flexibility index (Phi) is 6.04. The van der Waals surface area contributed by atoms with Crippen LogP contribution >= 0.6 is 11.6 Å². The van der Waals surface area contributed by atoms with E-state index in [2.05, 4.69) is 10.4 Å². The lowest BCUT2D eigenvalue weighted by Crippen LogP contribution is -2.36. The van der Waals surface area contributed by atoms with Crippen LogP contribution in [-0.4, -0.2) is 39.7 Å². The molecule has 0 aliphatic rings. The highest BCUT2D eigenvalue weighted by atomic mass is 35.5. The maximum atomic E-state index is 11.6. The smallest absolute Gasteiger partial charge is 0.407 e. The second-order valence-electron chi connectivity index (χ2n) is 6.11. The molecule has 1 unspecified atom stereocenters. The molecule has 7 heteroatoms. The number of nitrogens with one attached hydrogen (secondary N) is 1. The van der Waals surface area contributed by atoms with Crippen LogP contribution in [0.4, 0.5) is 4.79 Å². The molecule has 6 nitrogen and oxygen atoms in total. The largest absolute Gasteiger partial charge is 0.444 e. The second-order valence-corrected chi connectivity index (χ2v) is 6.47. The van der Waals surface area contributed by atoms with Crippen LogP contribution in [-0.2, 0) is 18.2 Å². The molecule has 0 aromatic carbocycles. The number of aliphatic hydroxyl groups is 1. The molecule has 0 aliphatic heterocycles. The number of aliphatic hydroxyl groups excluding tert-OH is 1. The number of ether oxygens (including phenoxy) is 1. The lowest BCUT2D eigenvalue weighted by atomic mass is 10.0. The normalized spacial score (nSPS) is 13.1. The summed E-state index contributed by atoms with van der Waals surface area (Å²) in [7, 11) is 1.77. The van der Waals surface area contributed by atoms with Crippen molar-refractivity contribution in [2.45, 2.75) is 39.7 Å². The summed E-state index contributed by atoms with van der Waals surface area (Å²) >= 11 is 6.17. The summed E-state index contributed by atoms with van der Waals surface area (Å²) in [5.41, 5.74) is 1.18. The summed E-state index contributed by atoms with van der Waals surface area (Å²) in [6.45, 7) is 7.53. The monoisotopic (exact) mass is 317 g/mol. The average molecular weight is 318 g/mol. The fourth-order valence-corrected chi connectivity index (χ4v) is 2.19. The Balaban J connectivity index is 2.58. The van der Waals surface area contributed by atoms with Crippen molar-refractivity contribution in [3.8, 4) is 0 Å². The Labute approximate surface area is 130 Å². The summed E-state index contributed by atoms with van der Waals surface area (Å²) in [6.07, 6.45) is 0.0557. The van der Waals surface area contributed by atoms with Crippen molar-refractivity contribution in [3.63, 3.8) is 0 Å². The quantitative estimate of drug-likeness (QED) is 0.871. The van der Waals surface area contributed by atoms with Gasteiger partial charge < -0.3 is 15.2 Å². The number of carbonyl (C=O) groups is 1. The van der Waals surface area contributed by atoms with E-state index in [9.17, 15) is 9.90 Å². The molecule has 1 amide bonds. The van der Waals surface area contributed by atoms with E-state index in [1.54, 1.807) is 32.5 Å². The molecule has 0 saturated carbocycles. The number of amides is 1. The van der Waals surface area contributed by atoms with Gasteiger partial charge in [-0.05, 0) is 34.1 Å². The summed E-state index contributed by atoms with van der Waals surface area (Å²) in [4.78, 5) is 11.6. The maximum Gasteiger partial charge on any atom is 0.407 e. The molecule has 1 heterocycles. The third kappa shape index (κ3) is 5.55. The zero-order valence-electron chi connectivity index (χ0n) is 13.2. The van der Waals surface area contributed by atoms with Gasteiger partial charge in [-0.3, -0.25) is 4.68 Å². The zero-order chi connectivity index (χ0) is 16.2. The van der Waals surface area contributed by atoms with E-state index in [0.717, 1.165) is 11.3 Å². The molecule has 0 saturated heterocycles. The molecule has 0 spiro atoms. The van der Waals surface area contributed by atoms with Gasteiger partial charge in [0.15, 0.2) is 0 Å². The molecule has 2 N–H and O–H groups in total. The molecule has 1 aromatic rings. The van der Waals surface area contributed by atoms with Crippen molar-refractivity contribution < 1.29 is 14.6 Å². The predicted octanol–water partition coefficient (Wildman–Crippen LogP) is 2.06. The van der Waals surface area contributed by atoms with Gasteiger partial charge in [-0.1, -0.05) is 11.6 Å². The van der Waals surface area contributed by atoms with E-state index < -0.39 is 11.7 Å². The topological polar surface area (TPSA) is 76.4 Å². The number of halogens is 1. The molecule has 120 valence electrons. The van der Waals surface area contributed by atoms with Crippen LogP contribution in [0.3, 0.4) is 0 Å². The van der Waals surface area contributed by atoms with Gasteiger partial charge in [0.25, 0.3) is 0 Å². The first-order valence-corrected chi connectivity index (χ1v) is 7.27. The van der Waals surface area contributed by atoms with Crippen molar-refractivity contribution in [1.29, 1.82) is 0 Å². The van der Waals surface area contributed by atoms with Crippen LogP contribution in [0.25, 0.3) is 0 Å². The number of alkyl carbamates (subject to hydrolysis) is 1. The van der Waals surface area contributed by atoms with Gasteiger partial charge in [0.05, 0.1) is 5.69 Å². The van der Waals surface area contributed by atoms with Gasteiger partial charge in [0.2, 0.25) is 0 Å². The minimum absolute atomic E-state index is 0.0551. The van der Waals surface area contributed by atoms with Crippen LogP contribution in [0, 0.1) is 12.8 Å². The van der Waals surface area contributed by atoms with E-state index in [-0.39, 0.29) is 12.5 Å². The van der Waals surface area contributed by atoms with Crippen LogP contribution in [0.2, 0.25) is 5.15 Å². The minimum Gasteiger partial charge on any atom is -0.444 e. The molecular formula is C14H24ClN3O3. The highest BCUT2D eigenvalue weighted by molar-refractivity contribution is 6.30. The van der Waals surface area contributed by atoms with Crippen LogP contribution in [0.15, 0.2) is 0 Å². The lowest BCUT2D eigenvalue weighted by molar-refractivity contribution is 0.0512. The van der Waals surface area contributed by atoms with E-state index in [0.29, 0.717) is 18.1 Å². The maximum absolute atomic E-state index is 11.6. The number of hydrogen-bond donors (Lipinski definition) is 2. The standard InChI is InChI=1S/C14H24ClN3O3/c1-9-11(12(15)18(5)17-9)6-10(8-19)7-16-13(20)21-14(2,3)4/h10,19H,6-8H2,1-5H3,(H,16,20). The molecular weight excluding hydrogens is 294 g/mol. The fraction of sp³-hybridized carbons (Fsp3) is 0.714. The van der Waals surface area contributed by atoms with Crippen LogP contribution < -0.4 is 5.32 Å². The zero-order valence-corrected chi connectivity index (χ0v) is 14.0. The van der Waals surface area contributed by atoms with Crippen molar-refractivity contribution in [2.24, 2.45) is 13.0 Å². The third-order valence-electron chi connectivity index (χ3n) is 2.95. The van der Waals surface area contributed by atoms with Gasteiger partial charge in [0.1, 0.15) is 10.8 Å². The fourth-order valence-electron chi connectivity index (χ4n) is 1.94. The van der Waals surface area contributed by atoms with Crippen molar-refractivity contribution >= 4 is 17.7 Å². The first-order chi connectivity index (χ1) is 9.64. The van der Waals surface area contributed by atoms with E-state index in [1.165, 1.54) is 0 Å². The Bertz CT molecular complexity index is 494. The Morgan fingerprint density at radius 2 is 2.14 bits per heavy atom. The van der Waals surface area contributed by atoms with Crippen LogP contribution in [0.5, 0.6) is 0 Å². The highest BCUT2D eigenvalue weighted by Crippen LogP contribution is 2.22. The van der Waals surface area contributed by atoms with Gasteiger partial charge in [-0.25, -0.2) is 4.79 Å². The number of carbonyl (C=O) groups excluding carboxylic acids is 1. The Hall–Kier alpha value is -1.27. The van der Waals surface area contributed by atoms with Crippen LogP contribution in [0.1, 0.15) is 32.0 Å². The van der Waals surface area contributed by atoms with Gasteiger partial charge in [0, 0.05) is 31.7 Å². The first kappa shape index (κ1) is 17.8. The van der Waals surface area contributed by atoms with Crippen molar-refractivity contribution in [1.82, 2.24) is 15.1 Å². The average Bonchev–Trinajstić information content (AvgIpc) is 2.58. The summed E-state index contributed by atoms with van der Waals surface area (Å²) in [6, 6.07) is 0.